The maximum Gasteiger partial charge on any atom is 0.124 e. The van der Waals surface area contributed by atoms with Gasteiger partial charge in [0, 0.05) is 16.6 Å². The van der Waals surface area contributed by atoms with Crippen molar-refractivity contribution in [1.82, 2.24) is 5.32 Å². The lowest BCUT2D eigenvalue weighted by molar-refractivity contribution is 0.346. The first-order valence-corrected chi connectivity index (χ1v) is 7.49. The van der Waals surface area contributed by atoms with Crippen LogP contribution in [0, 0.1) is 17.7 Å². The molecule has 0 spiro atoms. The van der Waals surface area contributed by atoms with E-state index in [0.717, 1.165) is 16.0 Å². The highest BCUT2D eigenvalue weighted by molar-refractivity contribution is 9.10. The summed E-state index contributed by atoms with van der Waals surface area (Å²) in [5, 5.41) is 3.68. The maximum absolute atomic E-state index is 13.1. The van der Waals surface area contributed by atoms with Crippen LogP contribution < -0.4 is 5.32 Å². The summed E-state index contributed by atoms with van der Waals surface area (Å²) >= 11 is 3.44. The lowest BCUT2D eigenvalue weighted by Gasteiger charge is -2.25. The molecule has 1 aliphatic rings. The second-order valence-electron chi connectivity index (χ2n) is 5.57. The molecule has 4 atom stereocenters. The predicted molar refractivity (Wildman–Crippen MR) is 77.0 cm³/mol. The first-order valence-electron chi connectivity index (χ1n) is 6.70. The summed E-state index contributed by atoms with van der Waals surface area (Å²) in [6, 6.07) is 5.75. The normalized spacial score (nSPS) is 29.5. The van der Waals surface area contributed by atoms with Crippen molar-refractivity contribution in [3.05, 3.63) is 34.1 Å². The van der Waals surface area contributed by atoms with Gasteiger partial charge in [0.05, 0.1) is 0 Å². The van der Waals surface area contributed by atoms with Gasteiger partial charge in [0.1, 0.15) is 5.82 Å². The zero-order chi connectivity index (χ0) is 13.3. The van der Waals surface area contributed by atoms with Crippen LogP contribution in [-0.4, -0.2) is 6.04 Å². The second-order valence-corrected chi connectivity index (χ2v) is 6.43. The van der Waals surface area contributed by atoms with E-state index >= 15 is 0 Å². The van der Waals surface area contributed by atoms with Crippen molar-refractivity contribution in [3.63, 3.8) is 0 Å². The Labute approximate surface area is 117 Å². The average molecular weight is 314 g/mol. The molecular weight excluding hydrogens is 293 g/mol. The van der Waals surface area contributed by atoms with Gasteiger partial charge in [-0.1, -0.05) is 35.8 Å². The number of halogens is 2. The number of benzene rings is 1. The van der Waals surface area contributed by atoms with Crippen molar-refractivity contribution in [2.24, 2.45) is 11.8 Å². The van der Waals surface area contributed by atoms with E-state index in [9.17, 15) is 4.39 Å². The molecule has 0 heterocycles. The Bertz CT molecular complexity index is 421. The molecule has 0 amide bonds. The van der Waals surface area contributed by atoms with Crippen LogP contribution in [0.1, 0.15) is 45.2 Å². The van der Waals surface area contributed by atoms with E-state index in [1.165, 1.54) is 25.0 Å². The molecule has 0 aliphatic heterocycles. The van der Waals surface area contributed by atoms with Crippen molar-refractivity contribution in [2.45, 2.75) is 45.7 Å². The van der Waals surface area contributed by atoms with E-state index in [1.54, 1.807) is 0 Å². The third-order valence-electron chi connectivity index (χ3n) is 4.36. The minimum Gasteiger partial charge on any atom is -0.307 e. The van der Waals surface area contributed by atoms with Gasteiger partial charge in [0.25, 0.3) is 0 Å². The molecule has 0 aromatic heterocycles. The van der Waals surface area contributed by atoms with Crippen LogP contribution in [0.25, 0.3) is 0 Å². The van der Waals surface area contributed by atoms with E-state index in [1.807, 2.05) is 6.07 Å². The van der Waals surface area contributed by atoms with Gasteiger partial charge in [-0.15, -0.1) is 0 Å². The van der Waals surface area contributed by atoms with Crippen molar-refractivity contribution in [1.29, 1.82) is 0 Å². The molecule has 2 rings (SSSR count). The summed E-state index contributed by atoms with van der Waals surface area (Å²) in [7, 11) is 0. The molecule has 18 heavy (non-hydrogen) atoms. The molecule has 1 aromatic carbocycles. The van der Waals surface area contributed by atoms with Gasteiger partial charge in [-0.05, 0) is 49.3 Å². The van der Waals surface area contributed by atoms with Crippen molar-refractivity contribution in [3.8, 4) is 0 Å². The Balaban J connectivity index is 2.05. The molecule has 1 aliphatic carbocycles. The molecule has 1 N–H and O–H groups in total. The van der Waals surface area contributed by atoms with E-state index in [-0.39, 0.29) is 11.9 Å². The van der Waals surface area contributed by atoms with Crippen LogP contribution in [0.3, 0.4) is 0 Å². The van der Waals surface area contributed by atoms with Crippen LogP contribution in [0.4, 0.5) is 4.39 Å². The quantitative estimate of drug-likeness (QED) is 0.854. The van der Waals surface area contributed by atoms with Crippen LogP contribution in [-0.2, 0) is 0 Å². The smallest absolute Gasteiger partial charge is 0.124 e. The summed E-state index contributed by atoms with van der Waals surface area (Å²) < 4.78 is 13.9. The highest BCUT2D eigenvalue weighted by Crippen LogP contribution is 2.33. The lowest BCUT2D eigenvalue weighted by atomic mass is 9.96. The zero-order valence-corrected chi connectivity index (χ0v) is 12.8. The van der Waals surface area contributed by atoms with Crippen LogP contribution in [0.2, 0.25) is 0 Å². The van der Waals surface area contributed by atoms with Crippen LogP contribution in [0.15, 0.2) is 22.7 Å². The fraction of sp³-hybridized carbons (Fsp3) is 0.600. The van der Waals surface area contributed by atoms with Crippen LogP contribution in [0.5, 0.6) is 0 Å². The minimum absolute atomic E-state index is 0.194. The molecular formula is C15H21BrFN. The molecule has 100 valence electrons. The molecule has 0 bridgehead atoms. The van der Waals surface area contributed by atoms with Gasteiger partial charge >= 0.3 is 0 Å². The summed E-state index contributed by atoms with van der Waals surface area (Å²) in [5.74, 6) is 1.32. The van der Waals surface area contributed by atoms with Crippen molar-refractivity contribution >= 4 is 15.9 Å². The average Bonchev–Trinajstić information content (AvgIpc) is 2.61. The summed E-state index contributed by atoms with van der Waals surface area (Å²) in [5.41, 5.74) is 1.13. The van der Waals surface area contributed by atoms with E-state index < -0.39 is 0 Å². The highest BCUT2D eigenvalue weighted by Gasteiger charge is 2.30. The number of hydrogen-bond donors (Lipinski definition) is 1. The highest BCUT2D eigenvalue weighted by atomic mass is 79.9. The SMILES string of the molecule is CC(NC1CCC(C)C1C)c1ccc(F)cc1Br. The lowest BCUT2D eigenvalue weighted by Crippen LogP contribution is -2.34. The molecule has 1 nitrogen and oxygen atoms in total. The summed E-state index contributed by atoms with van der Waals surface area (Å²) in [6.07, 6.45) is 2.54. The first kappa shape index (κ1) is 14.0. The Kier molecular flexibility index (Phi) is 4.44. The summed E-state index contributed by atoms with van der Waals surface area (Å²) in [4.78, 5) is 0. The third kappa shape index (κ3) is 2.94. The zero-order valence-electron chi connectivity index (χ0n) is 11.2. The third-order valence-corrected chi connectivity index (χ3v) is 5.05. The summed E-state index contributed by atoms with van der Waals surface area (Å²) in [6.45, 7) is 6.79. The topological polar surface area (TPSA) is 12.0 Å². The van der Waals surface area contributed by atoms with E-state index in [0.29, 0.717) is 12.0 Å². The van der Waals surface area contributed by atoms with Gasteiger partial charge in [-0.25, -0.2) is 4.39 Å². The first-order chi connectivity index (χ1) is 8.49. The fourth-order valence-corrected chi connectivity index (χ4v) is 3.56. The van der Waals surface area contributed by atoms with Gasteiger partial charge in [-0.3, -0.25) is 0 Å². The fourth-order valence-electron chi connectivity index (χ4n) is 2.86. The molecule has 1 fully saturated rings. The second kappa shape index (κ2) is 5.70. The van der Waals surface area contributed by atoms with Gasteiger partial charge < -0.3 is 5.32 Å². The predicted octanol–water partition coefficient (Wildman–Crippen LogP) is 4.67. The molecule has 1 aromatic rings. The van der Waals surface area contributed by atoms with Gasteiger partial charge in [0.2, 0.25) is 0 Å². The number of hydrogen-bond acceptors (Lipinski definition) is 1. The molecule has 4 unspecified atom stereocenters. The number of rotatable bonds is 3. The van der Waals surface area contributed by atoms with Crippen LogP contribution >= 0.6 is 15.9 Å². The molecule has 0 radical (unpaired) electrons. The minimum atomic E-state index is -0.194. The number of nitrogens with one attached hydrogen (secondary N) is 1. The maximum atomic E-state index is 13.1. The van der Waals surface area contributed by atoms with Gasteiger partial charge in [0.15, 0.2) is 0 Å². The molecule has 3 heteroatoms. The van der Waals surface area contributed by atoms with Crippen molar-refractivity contribution in [2.75, 3.05) is 0 Å². The monoisotopic (exact) mass is 313 g/mol. The largest absolute Gasteiger partial charge is 0.307 e. The standard InChI is InChI=1S/C15H21BrFN/c1-9-4-7-15(10(9)2)18-11(3)13-6-5-12(17)8-14(13)16/h5-6,8-11,15,18H,4,7H2,1-3H3. The Morgan fingerprint density at radius 1 is 1.33 bits per heavy atom. The molecule has 0 saturated heterocycles. The van der Waals surface area contributed by atoms with E-state index in [2.05, 4.69) is 42.0 Å². The van der Waals surface area contributed by atoms with Crippen molar-refractivity contribution < 1.29 is 4.39 Å². The Morgan fingerprint density at radius 2 is 2.06 bits per heavy atom. The molecule has 1 saturated carbocycles. The Hall–Kier alpha value is -0.410. The Morgan fingerprint density at radius 3 is 2.61 bits per heavy atom. The van der Waals surface area contributed by atoms with Gasteiger partial charge in [-0.2, -0.15) is 0 Å². The van der Waals surface area contributed by atoms with E-state index in [4.69, 9.17) is 0 Å².